The van der Waals surface area contributed by atoms with Gasteiger partial charge in [0.1, 0.15) is 12.0 Å². The molecule has 4 nitrogen and oxygen atoms in total. The van der Waals surface area contributed by atoms with Crippen LogP contribution in [-0.2, 0) is 11.8 Å². The summed E-state index contributed by atoms with van der Waals surface area (Å²) in [5.41, 5.74) is 1.57. The van der Waals surface area contributed by atoms with Crippen molar-refractivity contribution in [3.8, 4) is 0 Å². The van der Waals surface area contributed by atoms with E-state index >= 15 is 0 Å². The molecule has 0 bridgehead atoms. The molecule has 0 aliphatic heterocycles. The molecule has 2 aromatic rings. The Balaban J connectivity index is 2.23. The molecule has 1 atom stereocenters. The molecule has 1 heterocycles. The van der Waals surface area contributed by atoms with Crippen molar-refractivity contribution in [2.24, 2.45) is 13.0 Å². The zero-order chi connectivity index (χ0) is 14.7. The molecule has 0 aliphatic carbocycles. The summed E-state index contributed by atoms with van der Waals surface area (Å²) in [6.45, 7) is 4.05. The lowest BCUT2D eigenvalue weighted by molar-refractivity contribution is -0.109. The molecule has 1 amide bonds. The van der Waals surface area contributed by atoms with Crippen molar-refractivity contribution in [3.63, 3.8) is 0 Å². The van der Waals surface area contributed by atoms with Gasteiger partial charge >= 0.3 is 0 Å². The zero-order valence-corrected chi connectivity index (χ0v) is 12.1. The molecular formula is C16H20N2O2. The van der Waals surface area contributed by atoms with E-state index in [0.717, 1.165) is 17.2 Å². The monoisotopic (exact) mass is 272 g/mol. The first-order valence-electron chi connectivity index (χ1n) is 6.83. The third-order valence-electron chi connectivity index (χ3n) is 3.39. The van der Waals surface area contributed by atoms with Crippen molar-refractivity contribution >= 4 is 23.1 Å². The Hall–Kier alpha value is -2.10. The van der Waals surface area contributed by atoms with Gasteiger partial charge in [0.2, 0.25) is 0 Å². The second-order valence-corrected chi connectivity index (χ2v) is 5.49. The number of hydrogen-bond donors (Lipinski definition) is 1. The molecule has 106 valence electrons. The van der Waals surface area contributed by atoms with E-state index in [1.54, 1.807) is 0 Å². The van der Waals surface area contributed by atoms with Crippen LogP contribution < -0.4 is 5.32 Å². The Morgan fingerprint density at radius 2 is 2.05 bits per heavy atom. The van der Waals surface area contributed by atoms with Crippen LogP contribution in [0.3, 0.4) is 0 Å². The smallest absolute Gasteiger partial charge is 0.268 e. The van der Waals surface area contributed by atoms with Gasteiger partial charge < -0.3 is 14.7 Å². The van der Waals surface area contributed by atoms with Crippen molar-refractivity contribution in [2.45, 2.75) is 26.3 Å². The van der Waals surface area contributed by atoms with Crippen LogP contribution in [0.25, 0.3) is 10.9 Å². The van der Waals surface area contributed by atoms with Crippen molar-refractivity contribution in [3.05, 3.63) is 36.0 Å². The van der Waals surface area contributed by atoms with E-state index in [-0.39, 0.29) is 5.91 Å². The molecule has 0 spiro atoms. The summed E-state index contributed by atoms with van der Waals surface area (Å²) in [6.07, 6.45) is 1.46. The highest BCUT2D eigenvalue weighted by atomic mass is 16.2. The lowest BCUT2D eigenvalue weighted by Gasteiger charge is -2.15. The predicted octanol–water partition coefficient (Wildman–Crippen LogP) is 2.52. The van der Waals surface area contributed by atoms with Crippen LogP contribution in [-0.4, -0.2) is 22.8 Å². The van der Waals surface area contributed by atoms with Gasteiger partial charge in [-0.15, -0.1) is 0 Å². The first kappa shape index (κ1) is 14.3. The number of nitrogens with zero attached hydrogens (tertiary/aromatic N) is 1. The number of aromatic nitrogens is 1. The number of nitrogens with one attached hydrogen (secondary N) is 1. The lowest BCUT2D eigenvalue weighted by atomic mass is 10.0. The normalized spacial score (nSPS) is 12.6. The van der Waals surface area contributed by atoms with Gasteiger partial charge in [0.25, 0.3) is 5.91 Å². The van der Waals surface area contributed by atoms with E-state index in [1.807, 2.05) is 55.8 Å². The van der Waals surface area contributed by atoms with Gasteiger partial charge in [-0.3, -0.25) is 4.79 Å². The highest BCUT2D eigenvalue weighted by molar-refractivity contribution is 5.99. The average molecular weight is 272 g/mol. The summed E-state index contributed by atoms with van der Waals surface area (Å²) >= 11 is 0. The molecule has 20 heavy (non-hydrogen) atoms. The minimum atomic E-state index is -0.430. The molecular weight excluding hydrogens is 252 g/mol. The zero-order valence-electron chi connectivity index (χ0n) is 12.1. The van der Waals surface area contributed by atoms with E-state index in [4.69, 9.17) is 0 Å². The highest BCUT2D eigenvalue weighted by Crippen LogP contribution is 2.18. The molecule has 0 fully saturated rings. The fraction of sp³-hybridized carbons (Fsp3) is 0.375. The fourth-order valence-electron chi connectivity index (χ4n) is 2.41. The maximum Gasteiger partial charge on any atom is 0.268 e. The molecule has 0 saturated carbocycles. The number of amides is 1. The van der Waals surface area contributed by atoms with E-state index in [2.05, 4.69) is 5.32 Å². The van der Waals surface area contributed by atoms with E-state index in [9.17, 15) is 9.59 Å². The Bertz CT molecular complexity index is 628. The van der Waals surface area contributed by atoms with Crippen molar-refractivity contribution in [1.82, 2.24) is 9.88 Å². The minimum Gasteiger partial charge on any atom is -0.341 e. The van der Waals surface area contributed by atoms with E-state index < -0.39 is 6.04 Å². The number of carbonyl (C=O) groups excluding carboxylic acids is 2. The molecule has 1 N–H and O–H groups in total. The summed E-state index contributed by atoms with van der Waals surface area (Å²) in [7, 11) is 1.86. The van der Waals surface area contributed by atoms with Crippen LogP contribution in [0.1, 0.15) is 30.8 Å². The number of carbonyl (C=O) groups is 2. The molecule has 0 radical (unpaired) electrons. The van der Waals surface area contributed by atoms with E-state index in [1.165, 1.54) is 0 Å². The SMILES string of the molecule is CC(C)C[C@@H](C=O)NC(=O)c1cc2ccccc2n1C. The summed E-state index contributed by atoms with van der Waals surface area (Å²) in [5.74, 6) is 0.152. The van der Waals surface area contributed by atoms with Crippen molar-refractivity contribution in [1.29, 1.82) is 0 Å². The van der Waals surface area contributed by atoms with Crippen LogP contribution in [0, 0.1) is 5.92 Å². The standard InChI is InChI=1S/C16H20N2O2/c1-11(2)8-13(10-19)17-16(20)15-9-12-6-4-5-7-14(12)18(15)3/h4-7,9-11,13H,8H2,1-3H3,(H,17,20)/t13-/m0/s1. The van der Waals surface area contributed by atoms with E-state index in [0.29, 0.717) is 18.0 Å². The Labute approximate surface area is 118 Å². The summed E-state index contributed by atoms with van der Waals surface area (Å²) in [5, 5.41) is 3.81. The first-order valence-corrected chi connectivity index (χ1v) is 6.83. The third kappa shape index (κ3) is 2.90. The second-order valence-electron chi connectivity index (χ2n) is 5.49. The van der Waals surface area contributed by atoms with Gasteiger partial charge in [0.05, 0.1) is 6.04 Å². The number of para-hydroxylation sites is 1. The van der Waals surface area contributed by atoms with Gasteiger partial charge in [-0.25, -0.2) is 0 Å². The molecule has 4 heteroatoms. The van der Waals surface area contributed by atoms with Gasteiger partial charge in [-0.05, 0) is 24.5 Å². The van der Waals surface area contributed by atoms with Gasteiger partial charge in [0.15, 0.2) is 0 Å². The number of aldehydes is 1. The molecule has 0 saturated heterocycles. The van der Waals surface area contributed by atoms with Crippen LogP contribution in [0.5, 0.6) is 0 Å². The molecule has 0 aliphatic rings. The number of fused-ring (bicyclic) bond motifs is 1. The Morgan fingerprint density at radius 1 is 1.35 bits per heavy atom. The molecule has 1 aromatic heterocycles. The molecule has 2 rings (SSSR count). The molecule has 0 unspecified atom stereocenters. The number of aryl methyl sites for hydroxylation is 1. The average Bonchev–Trinajstić information content (AvgIpc) is 2.75. The highest BCUT2D eigenvalue weighted by Gasteiger charge is 2.17. The maximum absolute atomic E-state index is 12.3. The maximum atomic E-state index is 12.3. The van der Waals surface area contributed by atoms with Crippen molar-refractivity contribution in [2.75, 3.05) is 0 Å². The lowest BCUT2D eigenvalue weighted by Crippen LogP contribution is -2.37. The summed E-state index contributed by atoms with van der Waals surface area (Å²) < 4.78 is 1.85. The third-order valence-corrected chi connectivity index (χ3v) is 3.39. The summed E-state index contributed by atoms with van der Waals surface area (Å²) in [4.78, 5) is 23.3. The van der Waals surface area contributed by atoms with Gasteiger partial charge in [-0.2, -0.15) is 0 Å². The largest absolute Gasteiger partial charge is 0.341 e. The molecule has 1 aromatic carbocycles. The first-order chi connectivity index (χ1) is 9.52. The fourth-order valence-corrected chi connectivity index (χ4v) is 2.41. The topological polar surface area (TPSA) is 51.1 Å². The van der Waals surface area contributed by atoms with Crippen LogP contribution in [0.15, 0.2) is 30.3 Å². The quantitative estimate of drug-likeness (QED) is 0.850. The van der Waals surface area contributed by atoms with Crippen molar-refractivity contribution < 1.29 is 9.59 Å². The second kappa shape index (κ2) is 5.90. The Morgan fingerprint density at radius 3 is 2.65 bits per heavy atom. The van der Waals surface area contributed by atoms with Crippen LogP contribution >= 0.6 is 0 Å². The van der Waals surface area contributed by atoms with Gasteiger partial charge in [0, 0.05) is 18.0 Å². The minimum absolute atomic E-state index is 0.207. The van der Waals surface area contributed by atoms with Crippen LogP contribution in [0.2, 0.25) is 0 Å². The number of hydrogen-bond acceptors (Lipinski definition) is 2. The summed E-state index contributed by atoms with van der Waals surface area (Å²) in [6, 6.07) is 9.24. The predicted molar refractivity (Wildman–Crippen MR) is 79.7 cm³/mol. The van der Waals surface area contributed by atoms with Gasteiger partial charge in [-0.1, -0.05) is 32.0 Å². The number of benzene rings is 1. The number of rotatable bonds is 5. The van der Waals surface area contributed by atoms with Crippen LogP contribution in [0.4, 0.5) is 0 Å². The Kier molecular flexibility index (Phi) is 4.23.